The predicted molar refractivity (Wildman–Crippen MR) is 123 cm³/mol. The molecule has 0 unspecified atom stereocenters. The third-order valence-corrected chi connectivity index (χ3v) is 6.86. The number of carboxylic acids is 1. The first-order valence-electron chi connectivity index (χ1n) is 11.5. The number of aromatic nitrogens is 4. The van der Waals surface area contributed by atoms with Gasteiger partial charge in [0, 0.05) is 11.6 Å². The second-order valence-electron chi connectivity index (χ2n) is 9.23. The van der Waals surface area contributed by atoms with Crippen molar-refractivity contribution in [2.24, 2.45) is 5.92 Å². The molecule has 3 aromatic rings. The van der Waals surface area contributed by atoms with Crippen LogP contribution in [0.3, 0.4) is 0 Å². The fourth-order valence-electron chi connectivity index (χ4n) is 4.93. The maximum atomic E-state index is 13.3. The number of carbonyl (C=O) groups excluding carboxylic acids is 1. The van der Waals surface area contributed by atoms with Crippen LogP contribution in [0, 0.1) is 5.92 Å². The summed E-state index contributed by atoms with van der Waals surface area (Å²) < 4.78 is 1.96. The molecule has 170 valence electrons. The van der Waals surface area contributed by atoms with Crippen molar-refractivity contribution >= 4 is 17.7 Å². The van der Waals surface area contributed by atoms with Crippen LogP contribution in [0.15, 0.2) is 42.7 Å². The topological polar surface area (TPSA) is 101 Å². The Morgan fingerprint density at radius 3 is 2.64 bits per heavy atom. The molecule has 1 amide bonds. The van der Waals surface area contributed by atoms with E-state index in [2.05, 4.69) is 30.1 Å². The van der Waals surface area contributed by atoms with E-state index in [0.717, 1.165) is 24.0 Å². The van der Waals surface area contributed by atoms with E-state index in [-0.39, 0.29) is 17.9 Å². The van der Waals surface area contributed by atoms with Crippen molar-refractivity contribution in [3.8, 4) is 11.5 Å². The molecule has 33 heavy (non-hydrogen) atoms. The van der Waals surface area contributed by atoms with Crippen LogP contribution in [0.25, 0.3) is 11.5 Å². The number of fused-ring (bicyclic) bond motifs is 1. The zero-order valence-corrected chi connectivity index (χ0v) is 18.8. The molecule has 2 aliphatic rings. The number of carbonyl (C=O) groups is 2. The number of pyridine rings is 1. The molecule has 1 fully saturated rings. The van der Waals surface area contributed by atoms with Gasteiger partial charge in [-0.1, -0.05) is 18.2 Å². The summed E-state index contributed by atoms with van der Waals surface area (Å²) in [6, 6.07) is 11.9. The lowest BCUT2D eigenvalue weighted by Gasteiger charge is -2.26. The van der Waals surface area contributed by atoms with Crippen LogP contribution in [0.1, 0.15) is 73.0 Å². The summed E-state index contributed by atoms with van der Waals surface area (Å²) >= 11 is 0. The Hall–Kier alpha value is -3.55. The molecule has 8 nitrogen and oxygen atoms in total. The van der Waals surface area contributed by atoms with E-state index in [1.807, 2.05) is 34.9 Å². The van der Waals surface area contributed by atoms with Gasteiger partial charge < -0.3 is 9.67 Å². The highest BCUT2D eigenvalue weighted by molar-refractivity contribution is 6.09. The average molecular weight is 446 g/mol. The summed E-state index contributed by atoms with van der Waals surface area (Å²) in [6.45, 7) is 4.60. The molecule has 1 aliphatic carbocycles. The maximum Gasteiger partial charge on any atom is 0.306 e. The van der Waals surface area contributed by atoms with Crippen LogP contribution in [0.5, 0.6) is 0 Å². The first-order valence-corrected chi connectivity index (χ1v) is 11.5. The second-order valence-corrected chi connectivity index (χ2v) is 9.23. The van der Waals surface area contributed by atoms with E-state index >= 15 is 0 Å². The largest absolute Gasteiger partial charge is 0.481 e. The van der Waals surface area contributed by atoms with Gasteiger partial charge in [-0.05, 0) is 74.8 Å². The molecular weight excluding hydrogens is 418 g/mol. The highest BCUT2D eigenvalue weighted by Crippen LogP contribution is 2.38. The van der Waals surface area contributed by atoms with Crippen molar-refractivity contribution in [2.75, 3.05) is 4.90 Å². The smallest absolute Gasteiger partial charge is 0.306 e. The number of amides is 1. The first-order chi connectivity index (χ1) is 15.9. The summed E-state index contributed by atoms with van der Waals surface area (Å²) in [5, 5.41) is 17.5. The Morgan fingerprint density at radius 1 is 1.12 bits per heavy atom. The number of hydrogen-bond donors (Lipinski definition) is 1. The van der Waals surface area contributed by atoms with Gasteiger partial charge in [-0.3, -0.25) is 14.5 Å². The molecule has 3 heterocycles. The minimum atomic E-state index is -0.699. The Morgan fingerprint density at radius 2 is 1.91 bits per heavy atom. The molecule has 1 saturated carbocycles. The second kappa shape index (κ2) is 8.42. The van der Waals surface area contributed by atoms with Gasteiger partial charge >= 0.3 is 5.97 Å². The highest BCUT2D eigenvalue weighted by atomic mass is 16.4. The van der Waals surface area contributed by atoms with Crippen molar-refractivity contribution in [3.63, 3.8) is 0 Å². The minimum Gasteiger partial charge on any atom is -0.481 e. The normalized spacial score (nSPS) is 20.3. The van der Waals surface area contributed by atoms with E-state index in [4.69, 9.17) is 4.98 Å². The summed E-state index contributed by atoms with van der Waals surface area (Å²) in [7, 11) is 0. The standard InChI is InChI=1S/C25H27N5O3/c1-15(2)30-14-26-28-23(30)21-4-3-5-22(27-21)29-13-19-11-10-18(12-20(19)24(29)31)16-6-8-17(9-7-16)25(32)33/h3-5,10-12,14-17H,6-9,13H2,1-2H3,(H,32,33). The third kappa shape index (κ3) is 3.90. The molecule has 8 heteroatoms. The SMILES string of the molecule is CC(C)n1cnnc1-c1cccc(N2Cc3ccc(C4CCC(C(=O)O)CC4)cc3C2=O)n1. The molecule has 0 atom stereocenters. The number of anilines is 1. The van der Waals surface area contributed by atoms with E-state index in [1.165, 1.54) is 0 Å². The Balaban J connectivity index is 1.38. The molecule has 0 spiro atoms. The van der Waals surface area contributed by atoms with E-state index in [0.29, 0.717) is 48.2 Å². The first kappa shape index (κ1) is 21.3. The Bertz CT molecular complexity index is 1210. The summed E-state index contributed by atoms with van der Waals surface area (Å²) in [5.41, 5.74) is 3.50. The minimum absolute atomic E-state index is 0.0546. The van der Waals surface area contributed by atoms with E-state index < -0.39 is 5.97 Å². The number of hydrogen-bond acceptors (Lipinski definition) is 5. The quantitative estimate of drug-likeness (QED) is 0.623. The molecule has 1 N–H and O–H groups in total. The van der Waals surface area contributed by atoms with Gasteiger partial charge in [-0.25, -0.2) is 4.98 Å². The average Bonchev–Trinajstić information content (AvgIpc) is 3.44. The third-order valence-electron chi connectivity index (χ3n) is 6.86. The maximum absolute atomic E-state index is 13.3. The molecule has 0 bridgehead atoms. The molecule has 0 radical (unpaired) electrons. The molecule has 1 aliphatic heterocycles. The molecule has 5 rings (SSSR count). The molecule has 1 aromatic carbocycles. The fourth-order valence-corrected chi connectivity index (χ4v) is 4.93. The van der Waals surface area contributed by atoms with Crippen LogP contribution in [0.2, 0.25) is 0 Å². The molecular formula is C25H27N5O3. The van der Waals surface area contributed by atoms with E-state index in [1.54, 1.807) is 11.2 Å². The van der Waals surface area contributed by atoms with Crippen molar-refractivity contribution in [3.05, 3.63) is 59.4 Å². The van der Waals surface area contributed by atoms with Crippen LogP contribution < -0.4 is 4.90 Å². The van der Waals surface area contributed by atoms with Crippen LogP contribution in [0.4, 0.5) is 5.82 Å². The van der Waals surface area contributed by atoms with Crippen molar-refractivity contribution < 1.29 is 14.7 Å². The number of rotatable bonds is 5. The summed E-state index contributed by atoms with van der Waals surface area (Å²) in [6.07, 6.45) is 4.75. The zero-order valence-electron chi connectivity index (χ0n) is 18.8. The predicted octanol–water partition coefficient (Wildman–Crippen LogP) is 4.44. The monoisotopic (exact) mass is 445 g/mol. The number of nitrogens with zero attached hydrogens (tertiary/aromatic N) is 5. The number of aliphatic carboxylic acids is 1. The van der Waals surface area contributed by atoms with Gasteiger partial charge in [-0.2, -0.15) is 0 Å². The fraction of sp³-hybridized carbons (Fsp3) is 0.400. The van der Waals surface area contributed by atoms with Gasteiger partial charge in [0.05, 0.1) is 12.5 Å². The van der Waals surface area contributed by atoms with Gasteiger partial charge in [0.15, 0.2) is 5.82 Å². The number of carboxylic acid groups (broad SMARTS) is 1. The highest BCUT2D eigenvalue weighted by Gasteiger charge is 2.32. The Labute approximate surface area is 192 Å². The lowest BCUT2D eigenvalue weighted by atomic mass is 9.78. The number of benzene rings is 1. The van der Waals surface area contributed by atoms with Crippen LogP contribution in [-0.4, -0.2) is 36.7 Å². The van der Waals surface area contributed by atoms with Gasteiger partial charge in [0.1, 0.15) is 17.8 Å². The summed E-state index contributed by atoms with van der Waals surface area (Å²) in [5.74, 6) is 0.575. The van der Waals surface area contributed by atoms with Crippen LogP contribution >= 0.6 is 0 Å². The van der Waals surface area contributed by atoms with Gasteiger partial charge in [-0.15, -0.1) is 10.2 Å². The molecule has 2 aromatic heterocycles. The van der Waals surface area contributed by atoms with Gasteiger partial charge in [0.2, 0.25) is 0 Å². The van der Waals surface area contributed by atoms with Crippen molar-refractivity contribution in [1.82, 2.24) is 19.7 Å². The lowest BCUT2D eigenvalue weighted by Crippen LogP contribution is -2.24. The molecule has 0 saturated heterocycles. The van der Waals surface area contributed by atoms with Crippen molar-refractivity contribution in [2.45, 2.75) is 58.0 Å². The van der Waals surface area contributed by atoms with Crippen molar-refractivity contribution in [1.29, 1.82) is 0 Å². The zero-order chi connectivity index (χ0) is 23.1. The van der Waals surface area contributed by atoms with Crippen LogP contribution in [-0.2, 0) is 11.3 Å². The lowest BCUT2D eigenvalue weighted by molar-refractivity contribution is -0.142. The van der Waals surface area contributed by atoms with Gasteiger partial charge in [0.25, 0.3) is 5.91 Å². The summed E-state index contributed by atoms with van der Waals surface area (Å²) in [4.78, 5) is 31.0. The Kier molecular flexibility index (Phi) is 5.44. The van der Waals surface area contributed by atoms with E-state index in [9.17, 15) is 14.7 Å².